The van der Waals surface area contributed by atoms with Crippen molar-refractivity contribution in [2.24, 2.45) is 0 Å². The molecule has 0 saturated carbocycles. The van der Waals surface area contributed by atoms with Gasteiger partial charge in [0.15, 0.2) is 0 Å². The van der Waals surface area contributed by atoms with Gasteiger partial charge in [0.1, 0.15) is 12.4 Å². The molecule has 0 saturated heterocycles. The van der Waals surface area contributed by atoms with Gasteiger partial charge in [-0.1, -0.05) is 48.5 Å². The maximum absolute atomic E-state index is 5.82. The smallest absolute Gasteiger partial charge is 0.119 e. The third-order valence-electron chi connectivity index (χ3n) is 4.18. The minimum atomic E-state index is 0.598. The van der Waals surface area contributed by atoms with E-state index < -0.39 is 0 Å². The van der Waals surface area contributed by atoms with Crippen LogP contribution in [0.5, 0.6) is 5.75 Å². The zero-order valence-electron chi connectivity index (χ0n) is 14.3. The van der Waals surface area contributed by atoms with E-state index in [9.17, 15) is 0 Å². The summed E-state index contributed by atoms with van der Waals surface area (Å²) >= 11 is 0. The Balaban J connectivity index is 1.53. The molecule has 0 aliphatic carbocycles. The summed E-state index contributed by atoms with van der Waals surface area (Å²) < 4.78 is 5.82. The second kappa shape index (κ2) is 7.69. The number of benzene rings is 3. The zero-order valence-corrected chi connectivity index (χ0v) is 14.3. The first kappa shape index (κ1) is 16.1. The van der Waals surface area contributed by atoms with Gasteiger partial charge in [0.25, 0.3) is 0 Å². The number of rotatable bonds is 6. The molecule has 0 aliphatic heterocycles. The van der Waals surface area contributed by atoms with Crippen LogP contribution >= 0.6 is 0 Å². The molecule has 122 valence electrons. The van der Waals surface area contributed by atoms with Gasteiger partial charge in [-0.15, -0.1) is 0 Å². The van der Waals surface area contributed by atoms with Crippen molar-refractivity contribution in [1.29, 1.82) is 0 Å². The van der Waals surface area contributed by atoms with Crippen LogP contribution in [0.25, 0.3) is 0 Å². The fraction of sp³-hybridized carbons (Fsp3) is 0.182. The molecule has 0 unspecified atom stereocenters. The third kappa shape index (κ3) is 4.39. The van der Waals surface area contributed by atoms with Crippen LogP contribution in [0, 0.1) is 13.8 Å². The summed E-state index contributed by atoms with van der Waals surface area (Å²) in [4.78, 5) is 0. The van der Waals surface area contributed by atoms with Gasteiger partial charge in [0, 0.05) is 12.2 Å². The molecule has 0 radical (unpaired) electrons. The van der Waals surface area contributed by atoms with E-state index in [2.05, 4.69) is 61.6 Å². The first-order chi connectivity index (χ1) is 11.7. The first-order valence-corrected chi connectivity index (χ1v) is 8.27. The summed E-state index contributed by atoms with van der Waals surface area (Å²) in [6.45, 7) is 5.68. The van der Waals surface area contributed by atoms with E-state index in [-0.39, 0.29) is 0 Å². The Morgan fingerprint density at radius 2 is 1.50 bits per heavy atom. The second-order valence-corrected chi connectivity index (χ2v) is 6.07. The van der Waals surface area contributed by atoms with Gasteiger partial charge in [0.2, 0.25) is 0 Å². The van der Waals surface area contributed by atoms with Crippen LogP contribution in [0.3, 0.4) is 0 Å². The largest absolute Gasteiger partial charge is 0.489 e. The van der Waals surface area contributed by atoms with Crippen LogP contribution in [0.1, 0.15) is 22.3 Å². The number of nitrogens with one attached hydrogen (secondary N) is 1. The highest BCUT2D eigenvalue weighted by Crippen LogP contribution is 2.17. The van der Waals surface area contributed by atoms with E-state index in [0.717, 1.165) is 18.0 Å². The lowest BCUT2D eigenvalue weighted by atomic mass is 10.1. The van der Waals surface area contributed by atoms with E-state index in [4.69, 9.17) is 4.74 Å². The molecule has 3 aromatic carbocycles. The van der Waals surface area contributed by atoms with Crippen molar-refractivity contribution in [2.75, 3.05) is 5.32 Å². The van der Waals surface area contributed by atoms with Crippen molar-refractivity contribution in [1.82, 2.24) is 0 Å². The predicted octanol–water partition coefficient (Wildman–Crippen LogP) is 5.49. The first-order valence-electron chi connectivity index (χ1n) is 8.27. The average molecular weight is 317 g/mol. The third-order valence-corrected chi connectivity index (χ3v) is 4.18. The van der Waals surface area contributed by atoms with Crippen molar-refractivity contribution in [2.45, 2.75) is 27.0 Å². The van der Waals surface area contributed by atoms with Gasteiger partial charge >= 0.3 is 0 Å². The Hall–Kier alpha value is -2.74. The van der Waals surface area contributed by atoms with Gasteiger partial charge in [0.05, 0.1) is 0 Å². The summed E-state index contributed by atoms with van der Waals surface area (Å²) in [5.74, 6) is 0.897. The van der Waals surface area contributed by atoms with Crippen LogP contribution in [-0.2, 0) is 13.2 Å². The molecule has 2 nitrogen and oxygen atoms in total. The molecule has 2 heteroatoms. The van der Waals surface area contributed by atoms with E-state index in [1.54, 1.807) is 0 Å². The van der Waals surface area contributed by atoms with Crippen LogP contribution in [0.4, 0.5) is 5.69 Å². The summed E-state index contributed by atoms with van der Waals surface area (Å²) in [6, 6.07) is 24.9. The van der Waals surface area contributed by atoms with Gasteiger partial charge in [-0.3, -0.25) is 0 Å². The number of anilines is 1. The van der Waals surface area contributed by atoms with Crippen molar-refractivity contribution in [3.8, 4) is 5.75 Å². The number of hydrogen-bond donors (Lipinski definition) is 1. The standard InChI is InChI=1S/C22H23NO/c1-17-8-11-21(14-18(17)2)23-15-19-9-12-22(13-10-19)24-16-20-6-4-3-5-7-20/h3-14,23H,15-16H2,1-2H3. The molecule has 24 heavy (non-hydrogen) atoms. The summed E-state index contributed by atoms with van der Waals surface area (Å²) in [5.41, 5.74) is 6.20. The van der Waals surface area contributed by atoms with Gasteiger partial charge in [-0.2, -0.15) is 0 Å². The monoisotopic (exact) mass is 317 g/mol. The van der Waals surface area contributed by atoms with E-state index >= 15 is 0 Å². The topological polar surface area (TPSA) is 21.3 Å². The molecular formula is C22H23NO. The zero-order chi connectivity index (χ0) is 16.8. The predicted molar refractivity (Wildman–Crippen MR) is 100 cm³/mol. The van der Waals surface area contributed by atoms with Crippen molar-refractivity contribution >= 4 is 5.69 Å². The average Bonchev–Trinajstić information content (AvgIpc) is 2.63. The lowest BCUT2D eigenvalue weighted by molar-refractivity contribution is 0.306. The number of aryl methyl sites for hydroxylation is 2. The Morgan fingerprint density at radius 3 is 2.21 bits per heavy atom. The van der Waals surface area contributed by atoms with Crippen molar-refractivity contribution < 1.29 is 4.74 Å². The van der Waals surface area contributed by atoms with Gasteiger partial charge in [-0.05, 0) is 60.4 Å². The van der Waals surface area contributed by atoms with E-state index in [0.29, 0.717) is 6.61 Å². The molecule has 0 fully saturated rings. The molecule has 0 aliphatic rings. The number of hydrogen-bond acceptors (Lipinski definition) is 2. The molecule has 0 heterocycles. The van der Waals surface area contributed by atoms with E-state index in [1.165, 1.54) is 22.3 Å². The molecule has 1 N–H and O–H groups in total. The lowest BCUT2D eigenvalue weighted by Crippen LogP contribution is -2.00. The quantitative estimate of drug-likeness (QED) is 0.648. The summed E-state index contributed by atoms with van der Waals surface area (Å²) in [5, 5.41) is 3.47. The molecule has 0 spiro atoms. The molecule has 0 amide bonds. The fourth-order valence-corrected chi connectivity index (χ4v) is 2.50. The van der Waals surface area contributed by atoms with Crippen LogP contribution in [0.15, 0.2) is 72.8 Å². The minimum Gasteiger partial charge on any atom is -0.489 e. The minimum absolute atomic E-state index is 0.598. The van der Waals surface area contributed by atoms with Crippen LogP contribution in [-0.4, -0.2) is 0 Å². The fourth-order valence-electron chi connectivity index (χ4n) is 2.50. The van der Waals surface area contributed by atoms with Crippen LogP contribution in [0.2, 0.25) is 0 Å². The Kier molecular flexibility index (Phi) is 5.17. The van der Waals surface area contributed by atoms with E-state index in [1.807, 2.05) is 30.3 Å². The van der Waals surface area contributed by atoms with Gasteiger partial charge in [-0.25, -0.2) is 0 Å². The maximum atomic E-state index is 5.82. The Morgan fingerprint density at radius 1 is 0.750 bits per heavy atom. The summed E-state index contributed by atoms with van der Waals surface area (Å²) in [6.07, 6.45) is 0. The van der Waals surface area contributed by atoms with Gasteiger partial charge < -0.3 is 10.1 Å². The molecule has 0 atom stereocenters. The Bertz CT molecular complexity index is 779. The van der Waals surface area contributed by atoms with Crippen LogP contribution < -0.4 is 10.1 Å². The highest BCUT2D eigenvalue weighted by Gasteiger charge is 1.99. The molecular weight excluding hydrogens is 294 g/mol. The highest BCUT2D eigenvalue weighted by atomic mass is 16.5. The summed E-state index contributed by atoms with van der Waals surface area (Å²) in [7, 11) is 0. The Labute approximate surface area is 144 Å². The lowest BCUT2D eigenvalue weighted by Gasteiger charge is -2.10. The van der Waals surface area contributed by atoms with Crippen molar-refractivity contribution in [3.05, 3.63) is 95.1 Å². The normalized spacial score (nSPS) is 10.4. The second-order valence-electron chi connectivity index (χ2n) is 6.07. The molecule has 0 bridgehead atoms. The SMILES string of the molecule is Cc1ccc(NCc2ccc(OCc3ccccc3)cc2)cc1C. The molecule has 3 aromatic rings. The van der Waals surface area contributed by atoms with Crippen molar-refractivity contribution in [3.63, 3.8) is 0 Å². The highest BCUT2D eigenvalue weighted by molar-refractivity contribution is 5.48. The maximum Gasteiger partial charge on any atom is 0.119 e. The molecule has 0 aromatic heterocycles. The number of ether oxygens (including phenoxy) is 1. The molecule has 3 rings (SSSR count).